The Morgan fingerprint density at radius 1 is 1.06 bits per heavy atom. The summed E-state index contributed by atoms with van der Waals surface area (Å²) < 4.78 is 21.6. The third-order valence-corrected chi connectivity index (χ3v) is 5.82. The van der Waals surface area contributed by atoms with E-state index in [1.54, 1.807) is 32.0 Å². The smallest absolute Gasteiger partial charge is 0.335 e. The Balaban J connectivity index is 1.72. The molecule has 0 spiro atoms. The lowest BCUT2D eigenvalue weighted by atomic mass is 10.2. The van der Waals surface area contributed by atoms with Crippen LogP contribution in [0.1, 0.15) is 56.0 Å². The Labute approximate surface area is 195 Å². The van der Waals surface area contributed by atoms with Crippen molar-refractivity contribution in [1.29, 1.82) is 0 Å². The SMILES string of the molecule is CC(Sc1nnc(C(C)Oc2ccccc2F)n1C(C)C)C(=O)Nc1ccc(C(=O)O)cc1. The van der Waals surface area contributed by atoms with Crippen molar-refractivity contribution >= 4 is 29.3 Å². The number of anilines is 1. The Morgan fingerprint density at radius 2 is 1.73 bits per heavy atom. The summed E-state index contributed by atoms with van der Waals surface area (Å²) in [5.74, 6) is -1.12. The number of carbonyl (C=O) groups is 2. The second-order valence-corrected chi connectivity index (χ2v) is 8.93. The zero-order chi connectivity index (χ0) is 24.1. The third-order valence-electron chi connectivity index (χ3n) is 4.76. The van der Waals surface area contributed by atoms with Gasteiger partial charge in [0, 0.05) is 11.7 Å². The van der Waals surface area contributed by atoms with Crippen molar-refractivity contribution in [3.8, 4) is 5.75 Å². The van der Waals surface area contributed by atoms with Gasteiger partial charge in [-0.2, -0.15) is 0 Å². The highest BCUT2D eigenvalue weighted by Crippen LogP contribution is 2.30. The van der Waals surface area contributed by atoms with Crippen LogP contribution in [0.3, 0.4) is 0 Å². The summed E-state index contributed by atoms with van der Waals surface area (Å²) in [5, 5.41) is 20.3. The lowest BCUT2D eigenvalue weighted by Crippen LogP contribution is -2.23. The number of nitrogens with zero attached hydrogens (tertiary/aromatic N) is 3. The number of ether oxygens (including phenoxy) is 1. The molecular formula is C23H25FN4O4S. The number of hydrogen-bond donors (Lipinski definition) is 2. The van der Waals surface area contributed by atoms with E-state index in [4.69, 9.17) is 9.84 Å². The van der Waals surface area contributed by atoms with Gasteiger partial charge in [0.15, 0.2) is 28.7 Å². The van der Waals surface area contributed by atoms with E-state index in [2.05, 4.69) is 15.5 Å². The number of hydrogen-bond acceptors (Lipinski definition) is 6. The van der Waals surface area contributed by atoms with E-state index in [1.807, 2.05) is 18.4 Å². The predicted molar refractivity (Wildman–Crippen MR) is 123 cm³/mol. The van der Waals surface area contributed by atoms with Gasteiger partial charge in [-0.05, 0) is 64.1 Å². The molecule has 3 rings (SSSR count). The maximum Gasteiger partial charge on any atom is 0.335 e. The van der Waals surface area contributed by atoms with Crippen LogP contribution in [0.25, 0.3) is 0 Å². The van der Waals surface area contributed by atoms with Gasteiger partial charge in [-0.25, -0.2) is 9.18 Å². The first-order valence-electron chi connectivity index (χ1n) is 10.3. The van der Waals surface area contributed by atoms with Crippen LogP contribution < -0.4 is 10.1 Å². The second-order valence-electron chi connectivity index (χ2n) is 7.63. The van der Waals surface area contributed by atoms with Crippen molar-refractivity contribution in [2.24, 2.45) is 0 Å². The molecule has 1 aromatic heterocycles. The topological polar surface area (TPSA) is 106 Å². The molecule has 8 nitrogen and oxygen atoms in total. The van der Waals surface area contributed by atoms with Gasteiger partial charge >= 0.3 is 5.97 Å². The molecule has 0 aliphatic rings. The maximum absolute atomic E-state index is 14.0. The first-order chi connectivity index (χ1) is 15.7. The van der Waals surface area contributed by atoms with Gasteiger partial charge < -0.3 is 19.7 Å². The van der Waals surface area contributed by atoms with E-state index in [0.29, 0.717) is 16.7 Å². The summed E-state index contributed by atoms with van der Waals surface area (Å²) in [7, 11) is 0. The number of para-hydroxylation sites is 1. The van der Waals surface area contributed by atoms with Crippen LogP contribution >= 0.6 is 11.8 Å². The second kappa shape index (κ2) is 10.5. The number of nitrogens with one attached hydrogen (secondary N) is 1. The van der Waals surface area contributed by atoms with Crippen molar-refractivity contribution in [1.82, 2.24) is 14.8 Å². The summed E-state index contributed by atoms with van der Waals surface area (Å²) in [6, 6.07) is 12.1. The van der Waals surface area contributed by atoms with Gasteiger partial charge in [0.1, 0.15) is 0 Å². The molecule has 0 bridgehead atoms. The van der Waals surface area contributed by atoms with E-state index < -0.39 is 23.1 Å². The predicted octanol–water partition coefficient (Wildman–Crippen LogP) is 4.96. The normalized spacial score (nSPS) is 12.9. The van der Waals surface area contributed by atoms with Crippen LogP contribution in [-0.4, -0.2) is 37.0 Å². The molecule has 2 atom stereocenters. The summed E-state index contributed by atoms with van der Waals surface area (Å²) >= 11 is 1.24. The quantitative estimate of drug-likeness (QED) is 0.424. The molecule has 2 aromatic carbocycles. The minimum absolute atomic E-state index is 0.0250. The minimum Gasteiger partial charge on any atom is -0.480 e. The standard InChI is InChI=1S/C23H25FN4O4S/c1-13(2)28-20(14(3)32-19-8-6-5-7-18(19)24)26-27-23(28)33-15(4)21(29)25-17-11-9-16(10-12-17)22(30)31/h5-15H,1-4H3,(H,25,29)(H,30,31). The largest absolute Gasteiger partial charge is 0.480 e. The van der Waals surface area contributed by atoms with Crippen LogP contribution in [0.4, 0.5) is 10.1 Å². The van der Waals surface area contributed by atoms with Gasteiger partial charge in [-0.1, -0.05) is 23.9 Å². The molecule has 33 heavy (non-hydrogen) atoms. The van der Waals surface area contributed by atoms with Crippen molar-refractivity contribution in [3.63, 3.8) is 0 Å². The van der Waals surface area contributed by atoms with Crippen molar-refractivity contribution in [2.45, 2.75) is 50.2 Å². The van der Waals surface area contributed by atoms with Gasteiger partial charge in [0.05, 0.1) is 10.8 Å². The lowest BCUT2D eigenvalue weighted by molar-refractivity contribution is -0.115. The van der Waals surface area contributed by atoms with Crippen molar-refractivity contribution in [3.05, 3.63) is 65.7 Å². The van der Waals surface area contributed by atoms with Gasteiger partial charge in [-0.3, -0.25) is 4.79 Å². The molecule has 174 valence electrons. The Bertz CT molecular complexity index is 1130. The molecule has 0 aliphatic carbocycles. The average molecular weight is 473 g/mol. The Hall–Kier alpha value is -3.40. The number of aromatic carboxylic acids is 1. The highest BCUT2D eigenvalue weighted by molar-refractivity contribution is 8.00. The minimum atomic E-state index is -1.03. The zero-order valence-corrected chi connectivity index (χ0v) is 19.5. The summed E-state index contributed by atoms with van der Waals surface area (Å²) in [5.41, 5.74) is 0.634. The van der Waals surface area contributed by atoms with E-state index in [0.717, 1.165) is 0 Å². The number of aromatic nitrogens is 3. The first kappa shape index (κ1) is 24.2. The van der Waals surface area contributed by atoms with E-state index >= 15 is 0 Å². The maximum atomic E-state index is 14.0. The fourth-order valence-corrected chi connectivity index (χ4v) is 4.05. The number of amides is 1. The molecule has 3 aromatic rings. The monoisotopic (exact) mass is 472 g/mol. The Morgan fingerprint density at radius 3 is 2.33 bits per heavy atom. The molecule has 0 fully saturated rings. The number of benzene rings is 2. The number of carboxylic acids is 1. The van der Waals surface area contributed by atoms with Crippen molar-refractivity contribution < 1.29 is 23.8 Å². The first-order valence-corrected chi connectivity index (χ1v) is 11.2. The molecule has 2 unspecified atom stereocenters. The summed E-state index contributed by atoms with van der Waals surface area (Å²) in [6.45, 7) is 7.42. The third kappa shape index (κ3) is 5.89. The van der Waals surface area contributed by atoms with Crippen LogP contribution in [-0.2, 0) is 4.79 Å². The van der Waals surface area contributed by atoms with Crippen LogP contribution in [0, 0.1) is 5.82 Å². The molecule has 1 heterocycles. The number of halogens is 1. The highest BCUT2D eigenvalue weighted by Gasteiger charge is 2.25. The zero-order valence-electron chi connectivity index (χ0n) is 18.7. The lowest BCUT2D eigenvalue weighted by Gasteiger charge is -2.20. The molecule has 0 saturated heterocycles. The van der Waals surface area contributed by atoms with E-state index in [-0.39, 0.29) is 23.3 Å². The molecule has 0 saturated carbocycles. The Kier molecular flexibility index (Phi) is 7.70. The number of thioether (sulfide) groups is 1. The van der Waals surface area contributed by atoms with Crippen molar-refractivity contribution in [2.75, 3.05) is 5.32 Å². The highest BCUT2D eigenvalue weighted by atomic mass is 32.2. The number of carboxylic acid groups (broad SMARTS) is 1. The molecule has 1 amide bonds. The van der Waals surface area contributed by atoms with Gasteiger partial charge in [0.2, 0.25) is 5.91 Å². The van der Waals surface area contributed by atoms with E-state index in [1.165, 1.54) is 42.1 Å². The molecule has 0 radical (unpaired) electrons. The number of rotatable bonds is 9. The van der Waals surface area contributed by atoms with Gasteiger partial charge in [-0.15, -0.1) is 10.2 Å². The molecular weight excluding hydrogens is 447 g/mol. The number of carbonyl (C=O) groups excluding carboxylic acids is 1. The molecule has 0 aliphatic heterocycles. The van der Waals surface area contributed by atoms with Gasteiger partial charge in [0.25, 0.3) is 0 Å². The summed E-state index contributed by atoms with van der Waals surface area (Å²) in [6.07, 6.45) is -0.567. The van der Waals surface area contributed by atoms with Crippen LogP contribution in [0.5, 0.6) is 5.75 Å². The molecule has 10 heteroatoms. The van der Waals surface area contributed by atoms with E-state index in [9.17, 15) is 14.0 Å². The fourth-order valence-electron chi connectivity index (χ4n) is 3.07. The van der Waals surface area contributed by atoms with Crippen LogP contribution in [0.2, 0.25) is 0 Å². The molecule has 2 N–H and O–H groups in total. The average Bonchev–Trinajstić information content (AvgIpc) is 3.19. The summed E-state index contributed by atoms with van der Waals surface area (Å²) in [4.78, 5) is 23.6. The van der Waals surface area contributed by atoms with Crippen LogP contribution in [0.15, 0.2) is 53.7 Å². The fraction of sp³-hybridized carbons (Fsp3) is 0.304.